The summed E-state index contributed by atoms with van der Waals surface area (Å²) in [5.74, 6) is 1.33. The molecule has 0 aliphatic carbocycles. The third kappa shape index (κ3) is 8.28. The van der Waals surface area contributed by atoms with E-state index in [1.165, 1.54) is 0 Å². The predicted molar refractivity (Wildman–Crippen MR) is 107 cm³/mol. The van der Waals surface area contributed by atoms with Crippen molar-refractivity contribution in [3.05, 3.63) is 30.3 Å². The molecule has 7 nitrogen and oxygen atoms in total. The van der Waals surface area contributed by atoms with Crippen molar-refractivity contribution in [2.75, 3.05) is 52.3 Å². The molecule has 1 heterocycles. The maximum Gasteiger partial charge on any atom is 0.190 e. The number of hydrogen-bond acceptors (Lipinski definition) is 5. The van der Waals surface area contributed by atoms with Crippen LogP contribution in [0.4, 0.5) is 0 Å². The van der Waals surface area contributed by atoms with Gasteiger partial charge < -0.3 is 20.1 Å². The van der Waals surface area contributed by atoms with Gasteiger partial charge in [-0.25, -0.2) is 8.42 Å². The molecule has 0 amide bonds. The van der Waals surface area contributed by atoms with Gasteiger partial charge in [0, 0.05) is 39.3 Å². The monoisotopic (exact) mass is 397 g/mol. The fraction of sp³-hybridized carbons (Fsp3) is 0.632. The Morgan fingerprint density at radius 2 is 1.96 bits per heavy atom. The highest BCUT2D eigenvalue weighted by Gasteiger charge is 2.15. The summed E-state index contributed by atoms with van der Waals surface area (Å²) in [5, 5.41) is 6.36. The smallest absolute Gasteiger partial charge is 0.190 e. The lowest BCUT2D eigenvalue weighted by Gasteiger charge is -2.12. The second-order valence-corrected chi connectivity index (χ2v) is 8.68. The van der Waals surface area contributed by atoms with Gasteiger partial charge in [0.05, 0.1) is 23.9 Å². The van der Waals surface area contributed by atoms with Crippen molar-refractivity contribution in [2.45, 2.75) is 24.2 Å². The van der Waals surface area contributed by atoms with Gasteiger partial charge in [0.2, 0.25) is 0 Å². The van der Waals surface area contributed by atoms with Gasteiger partial charge in [-0.1, -0.05) is 18.2 Å². The first-order valence-corrected chi connectivity index (χ1v) is 11.1. The SMILES string of the molecule is CN=C(NCCCOCC1CCOC1)NCCCS(=O)(=O)c1ccccc1. The van der Waals surface area contributed by atoms with E-state index in [0.29, 0.717) is 36.3 Å². The maximum absolute atomic E-state index is 12.2. The molecule has 0 spiro atoms. The van der Waals surface area contributed by atoms with Gasteiger partial charge in [-0.15, -0.1) is 0 Å². The molecule has 152 valence electrons. The van der Waals surface area contributed by atoms with Crippen LogP contribution in [0, 0.1) is 5.92 Å². The molecule has 27 heavy (non-hydrogen) atoms. The molecule has 0 radical (unpaired) electrons. The lowest BCUT2D eigenvalue weighted by atomic mass is 10.1. The van der Waals surface area contributed by atoms with Crippen LogP contribution in [0.5, 0.6) is 0 Å². The number of aliphatic imine (C=N–C) groups is 1. The average Bonchev–Trinajstić information content (AvgIpc) is 3.20. The van der Waals surface area contributed by atoms with Crippen molar-refractivity contribution < 1.29 is 17.9 Å². The molecule has 1 aromatic carbocycles. The fourth-order valence-electron chi connectivity index (χ4n) is 2.78. The molecule has 2 rings (SSSR count). The lowest BCUT2D eigenvalue weighted by molar-refractivity contribution is 0.0888. The van der Waals surface area contributed by atoms with Crippen LogP contribution in [0.1, 0.15) is 19.3 Å². The quantitative estimate of drug-likeness (QED) is 0.334. The van der Waals surface area contributed by atoms with E-state index in [2.05, 4.69) is 15.6 Å². The van der Waals surface area contributed by atoms with Crippen molar-refractivity contribution in [1.29, 1.82) is 0 Å². The van der Waals surface area contributed by atoms with Crippen molar-refractivity contribution in [1.82, 2.24) is 10.6 Å². The Kier molecular flexibility index (Phi) is 9.58. The summed E-state index contributed by atoms with van der Waals surface area (Å²) in [7, 11) is -1.52. The molecule has 0 aromatic heterocycles. The highest BCUT2D eigenvalue weighted by molar-refractivity contribution is 7.91. The molecule has 1 aromatic rings. The second kappa shape index (κ2) is 11.9. The second-order valence-electron chi connectivity index (χ2n) is 6.57. The number of nitrogens with one attached hydrogen (secondary N) is 2. The summed E-state index contributed by atoms with van der Waals surface area (Å²) in [6.45, 7) is 4.44. The number of benzene rings is 1. The third-order valence-corrected chi connectivity index (χ3v) is 6.16. The van der Waals surface area contributed by atoms with Crippen LogP contribution in [0.25, 0.3) is 0 Å². The van der Waals surface area contributed by atoms with Gasteiger partial charge in [-0.3, -0.25) is 4.99 Å². The van der Waals surface area contributed by atoms with Crippen LogP contribution in [0.15, 0.2) is 40.2 Å². The summed E-state index contributed by atoms with van der Waals surface area (Å²) in [6.07, 6.45) is 2.50. The molecule has 8 heteroatoms. The number of hydrogen-bond donors (Lipinski definition) is 2. The summed E-state index contributed by atoms with van der Waals surface area (Å²) in [4.78, 5) is 4.52. The zero-order valence-electron chi connectivity index (χ0n) is 16.0. The first-order chi connectivity index (χ1) is 13.1. The molecular weight excluding hydrogens is 366 g/mol. The van der Waals surface area contributed by atoms with E-state index in [9.17, 15) is 8.42 Å². The van der Waals surface area contributed by atoms with Crippen molar-refractivity contribution in [3.8, 4) is 0 Å². The minimum Gasteiger partial charge on any atom is -0.381 e. The van der Waals surface area contributed by atoms with Crippen molar-refractivity contribution in [3.63, 3.8) is 0 Å². The van der Waals surface area contributed by atoms with Gasteiger partial charge >= 0.3 is 0 Å². The molecule has 0 saturated carbocycles. The molecule has 1 aliphatic rings. The first kappa shape index (κ1) is 21.7. The number of nitrogens with zero attached hydrogens (tertiary/aromatic N) is 1. The highest BCUT2D eigenvalue weighted by atomic mass is 32.2. The predicted octanol–water partition coefficient (Wildman–Crippen LogP) is 1.46. The summed E-state index contributed by atoms with van der Waals surface area (Å²) in [6, 6.07) is 8.55. The number of ether oxygens (including phenoxy) is 2. The topological polar surface area (TPSA) is 89.0 Å². The summed E-state index contributed by atoms with van der Waals surface area (Å²) < 4.78 is 35.4. The van der Waals surface area contributed by atoms with Crippen LogP contribution in [0.2, 0.25) is 0 Å². The Balaban J connectivity index is 1.53. The van der Waals surface area contributed by atoms with Crippen LogP contribution < -0.4 is 10.6 Å². The largest absolute Gasteiger partial charge is 0.381 e. The zero-order valence-corrected chi connectivity index (χ0v) is 16.8. The zero-order chi connectivity index (χ0) is 19.4. The molecule has 1 atom stereocenters. The van der Waals surface area contributed by atoms with Crippen molar-refractivity contribution >= 4 is 15.8 Å². The highest BCUT2D eigenvalue weighted by Crippen LogP contribution is 2.12. The third-order valence-electron chi connectivity index (χ3n) is 4.34. The van der Waals surface area contributed by atoms with Crippen LogP contribution in [-0.2, 0) is 19.3 Å². The van der Waals surface area contributed by atoms with Gasteiger partial charge in [0.15, 0.2) is 15.8 Å². The molecule has 2 N–H and O–H groups in total. The number of sulfone groups is 1. The van der Waals surface area contributed by atoms with E-state index >= 15 is 0 Å². The van der Waals surface area contributed by atoms with Gasteiger partial charge in [0.1, 0.15) is 0 Å². The number of guanidine groups is 1. The van der Waals surface area contributed by atoms with Crippen molar-refractivity contribution in [2.24, 2.45) is 10.9 Å². The minimum absolute atomic E-state index is 0.111. The summed E-state index contributed by atoms with van der Waals surface area (Å²) >= 11 is 0. The standard InChI is InChI=1S/C19H31N3O4S/c1-20-19(21-10-5-12-25-15-17-9-13-26-16-17)22-11-6-14-27(23,24)18-7-3-2-4-8-18/h2-4,7-8,17H,5-6,9-16H2,1H3,(H2,20,21,22). The van der Waals surface area contributed by atoms with Gasteiger partial charge in [0.25, 0.3) is 0 Å². The Bertz CT molecular complexity index is 659. The average molecular weight is 398 g/mol. The van der Waals surface area contributed by atoms with Crippen LogP contribution in [0.3, 0.4) is 0 Å². The Hall–Kier alpha value is -1.64. The van der Waals surface area contributed by atoms with Crippen LogP contribution >= 0.6 is 0 Å². The molecule has 1 fully saturated rings. The van der Waals surface area contributed by atoms with Gasteiger partial charge in [-0.05, 0) is 31.4 Å². The van der Waals surface area contributed by atoms with E-state index in [0.717, 1.165) is 39.2 Å². The molecule has 1 aliphatic heterocycles. The molecular formula is C19H31N3O4S. The Morgan fingerprint density at radius 3 is 2.63 bits per heavy atom. The first-order valence-electron chi connectivity index (χ1n) is 9.49. The molecule has 1 saturated heterocycles. The Labute approximate surface area is 162 Å². The molecule has 0 bridgehead atoms. The van der Waals surface area contributed by atoms with E-state index in [1.54, 1.807) is 31.3 Å². The molecule has 1 unspecified atom stereocenters. The van der Waals surface area contributed by atoms with E-state index in [-0.39, 0.29) is 5.75 Å². The summed E-state index contributed by atoms with van der Waals surface area (Å²) in [5.41, 5.74) is 0. The fourth-order valence-corrected chi connectivity index (χ4v) is 4.11. The normalized spacial score (nSPS) is 17.8. The minimum atomic E-state index is -3.23. The van der Waals surface area contributed by atoms with E-state index < -0.39 is 9.84 Å². The van der Waals surface area contributed by atoms with Crippen LogP contribution in [-0.4, -0.2) is 66.7 Å². The lowest BCUT2D eigenvalue weighted by Crippen LogP contribution is -2.38. The van der Waals surface area contributed by atoms with Gasteiger partial charge in [-0.2, -0.15) is 0 Å². The number of rotatable bonds is 11. The van der Waals surface area contributed by atoms with E-state index in [4.69, 9.17) is 9.47 Å². The maximum atomic E-state index is 12.2. The van der Waals surface area contributed by atoms with E-state index in [1.807, 2.05) is 6.07 Å². The Morgan fingerprint density at radius 1 is 1.22 bits per heavy atom.